The van der Waals surface area contributed by atoms with Crippen LogP contribution >= 0.6 is 11.8 Å². The highest BCUT2D eigenvalue weighted by Gasteiger charge is 2.32. The summed E-state index contributed by atoms with van der Waals surface area (Å²) in [5.41, 5.74) is -0.0119. The third kappa shape index (κ3) is 5.89. The predicted molar refractivity (Wildman–Crippen MR) is 80.4 cm³/mol. The molecule has 0 spiro atoms. The molecule has 0 aliphatic heterocycles. The minimum Gasteiger partial charge on any atom is -0.405 e. The number of carbonyl (C=O) groups excluding carboxylic acids is 1. The molecule has 0 aliphatic carbocycles. The number of hydrogen-bond acceptors (Lipinski definition) is 4. The number of halogens is 5. The summed E-state index contributed by atoms with van der Waals surface area (Å²) < 4.78 is 66.0. The molecule has 10 heteroatoms. The standard InChI is InChI=1S/C15H11F5N2O2S/c16-14(17)25-13-10(5-3-7-21-13)12(23)22-8-9-4-1-2-6-11(9)24-15(18,19)20/h1-7,14H,8H2,(H,22,23). The first-order valence-corrected chi connectivity index (χ1v) is 7.66. The number of benzene rings is 1. The van der Waals surface area contributed by atoms with Gasteiger partial charge in [-0.1, -0.05) is 18.2 Å². The molecule has 0 aliphatic rings. The van der Waals surface area contributed by atoms with Crippen molar-refractivity contribution in [3.63, 3.8) is 0 Å². The van der Waals surface area contributed by atoms with Crippen LogP contribution in [0.1, 0.15) is 15.9 Å². The van der Waals surface area contributed by atoms with E-state index in [0.29, 0.717) is 0 Å². The van der Waals surface area contributed by atoms with Crippen LogP contribution in [0, 0.1) is 0 Å². The fraction of sp³-hybridized carbons (Fsp3) is 0.200. The topological polar surface area (TPSA) is 51.2 Å². The molecule has 1 heterocycles. The molecule has 1 aromatic carbocycles. The number of nitrogens with zero attached hydrogens (tertiary/aromatic N) is 1. The normalized spacial score (nSPS) is 11.4. The molecule has 0 unspecified atom stereocenters. The van der Waals surface area contributed by atoms with Gasteiger partial charge in [-0.3, -0.25) is 4.79 Å². The second-order valence-corrected chi connectivity index (χ2v) is 5.55. The van der Waals surface area contributed by atoms with Crippen LogP contribution in [0.2, 0.25) is 0 Å². The Hall–Kier alpha value is -2.36. The Morgan fingerprint density at radius 1 is 1.20 bits per heavy atom. The van der Waals surface area contributed by atoms with Gasteiger partial charge in [-0.05, 0) is 30.0 Å². The Morgan fingerprint density at radius 3 is 2.60 bits per heavy atom. The molecule has 2 aromatic rings. The van der Waals surface area contributed by atoms with Gasteiger partial charge in [0.25, 0.3) is 11.7 Å². The van der Waals surface area contributed by atoms with Crippen molar-refractivity contribution < 1.29 is 31.5 Å². The molecule has 0 saturated carbocycles. The zero-order chi connectivity index (χ0) is 18.4. The Balaban J connectivity index is 2.11. The summed E-state index contributed by atoms with van der Waals surface area (Å²) in [6.07, 6.45) is -3.61. The number of ether oxygens (including phenoxy) is 1. The molecule has 1 N–H and O–H groups in total. The van der Waals surface area contributed by atoms with Crippen molar-refractivity contribution in [1.29, 1.82) is 0 Å². The maximum absolute atomic E-state index is 12.5. The molecule has 1 amide bonds. The molecule has 0 radical (unpaired) electrons. The van der Waals surface area contributed by atoms with E-state index in [2.05, 4.69) is 15.0 Å². The molecule has 1 aromatic heterocycles. The largest absolute Gasteiger partial charge is 0.573 e. The third-order valence-electron chi connectivity index (χ3n) is 2.85. The van der Waals surface area contributed by atoms with E-state index in [1.54, 1.807) is 0 Å². The Labute approximate surface area is 143 Å². The number of para-hydroxylation sites is 1. The highest BCUT2D eigenvalue weighted by molar-refractivity contribution is 7.99. The SMILES string of the molecule is O=C(NCc1ccccc1OC(F)(F)F)c1cccnc1SC(F)F. The first-order chi connectivity index (χ1) is 11.8. The minimum atomic E-state index is -4.87. The number of thioether (sulfide) groups is 1. The smallest absolute Gasteiger partial charge is 0.405 e. The zero-order valence-electron chi connectivity index (χ0n) is 12.4. The average molecular weight is 378 g/mol. The van der Waals surface area contributed by atoms with Crippen LogP contribution in [0.3, 0.4) is 0 Å². The van der Waals surface area contributed by atoms with Crippen LogP contribution in [0.5, 0.6) is 5.75 Å². The number of rotatable bonds is 6. The Morgan fingerprint density at radius 2 is 1.92 bits per heavy atom. The maximum Gasteiger partial charge on any atom is 0.573 e. The summed E-state index contributed by atoms with van der Waals surface area (Å²) in [4.78, 5) is 15.9. The van der Waals surface area contributed by atoms with E-state index in [-0.39, 0.29) is 34.5 Å². The quantitative estimate of drug-likeness (QED) is 0.604. The second kappa shape index (κ2) is 8.15. The van der Waals surface area contributed by atoms with Gasteiger partial charge in [0.2, 0.25) is 0 Å². The van der Waals surface area contributed by atoms with Gasteiger partial charge >= 0.3 is 6.36 Å². The summed E-state index contributed by atoms with van der Waals surface area (Å²) in [6, 6.07) is 7.98. The van der Waals surface area contributed by atoms with Crippen LogP contribution in [0.25, 0.3) is 0 Å². The van der Waals surface area contributed by atoms with Crippen molar-refractivity contribution >= 4 is 17.7 Å². The van der Waals surface area contributed by atoms with Crippen molar-refractivity contribution in [2.75, 3.05) is 0 Å². The number of aromatic nitrogens is 1. The molecule has 0 bridgehead atoms. The summed E-state index contributed by atoms with van der Waals surface area (Å²) >= 11 is 0.107. The number of alkyl halides is 5. The molecule has 2 rings (SSSR count). The molecule has 134 valence electrons. The number of pyridine rings is 1. The van der Waals surface area contributed by atoms with Gasteiger partial charge < -0.3 is 10.1 Å². The van der Waals surface area contributed by atoms with Gasteiger partial charge in [0, 0.05) is 18.3 Å². The van der Waals surface area contributed by atoms with Crippen LogP contribution in [0.4, 0.5) is 22.0 Å². The third-order valence-corrected chi connectivity index (χ3v) is 3.58. The fourth-order valence-electron chi connectivity index (χ4n) is 1.89. The molecule has 25 heavy (non-hydrogen) atoms. The first-order valence-electron chi connectivity index (χ1n) is 6.78. The lowest BCUT2D eigenvalue weighted by molar-refractivity contribution is -0.274. The zero-order valence-corrected chi connectivity index (χ0v) is 13.2. The number of carbonyl (C=O) groups is 1. The van der Waals surface area contributed by atoms with Gasteiger partial charge in [0.15, 0.2) is 0 Å². The molecule has 0 atom stereocenters. The highest BCUT2D eigenvalue weighted by Crippen LogP contribution is 2.27. The van der Waals surface area contributed by atoms with Crippen molar-refractivity contribution in [2.45, 2.75) is 23.7 Å². The van der Waals surface area contributed by atoms with E-state index in [9.17, 15) is 26.7 Å². The van der Waals surface area contributed by atoms with E-state index in [4.69, 9.17) is 0 Å². The molecular formula is C15H11F5N2O2S. The van der Waals surface area contributed by atoms with Crippen molar-refractivity contribution in [3.05, 3.63) is 53.7 Å². The summed E-state index contributed by atoms with van der Waals surface area (Å²) in [6.45, 7) is -0.279. The van der Waals surface area contributed by atoms with E-state index in [0.717, 1.165) is 6.07 Å². The molecule has 0 fully saturated rings. The van der Waals surface area contributed by atoms with E-state index < -0.39 is 23.8 Å². The van der Waals surface area contributed by atoms with E-state index in [1.807, 2.05) is 0 Å². The van der Waals surface area contributed by atoms with Crippen molar-refractivity contribution in [1.82, 2.24) is 10.3 Å². The predicted octanol–water partition coefficient (Wildman–Crippen LogP) is 4.22. The van der Waals surface area contributed by atoms with Crippen molar-refractivity contribution in [3.8, 4) is 5.75 Å². The van der Waals surface area contributed by atoms with Gasteiger partial charge in [0.05, 0.1) is 5.56 Å². The van der Waals surface area contributed by atoms with E-state index >= 15 is 0 Å². The molecule has 0 saturated heterocycles. The van der Waals surface area contributed by atoms with Gasteiger partial charge in [-0.2, -0.15) is 8.78 Å². The lowest BCUT2D eigenvalue weighted by Crippen LogP contribution is -2.25. The first kappa shape index (κ1) is 19.0. The number of nitrogens with one attached hydrogen (secondary N) is 1. The Bertz CT molecular complexity index is 740. The number of amides is 1. The van der Waals surface area contributed by atoms with Gasteiger partial charge in [0.1, 0.15) is 10.8 Å². The molecular weight excluding hydrogens is 367 g/mol. The van der Waals surface area contributed by atoms with Gasteiger partial charge in [-0.15, -0.1) is 13.2 Å². The monoisotopic (exact) mass is 378 g/mol. The summed E-state index contributed by atoms with van der Waals surface area (Å²) in [5.74, 6) is -3.95. The lowest BCUT2D eigenvalue weighted by atomic mass is 10.2. The van der Waals surface area contributed by atoms with E-state index in [1.165, 1.54) is 36.5 Å². The average Bonchev–Trinajstić information content (AvgIpc) is 2.52. The van der Waals surface area contributed by atoms with Crippen LogP contribution in [-0.2, 0) is 6.54 Å². The van der Waals surface area contributed by atoms with Gasteiger partial charge in [-0.25, -0.2) is 4.98 Å². The highest BCUT2D eigenvalue weighted by atomic mass is 32.2. The van der Waals surface area contributed by atoms with Crippen LogP contribution in [-0.4, -0.2) is 23.0 Å². The van der Waals surface area contributed by atoms with Crippen LogP contribution < -0.4 is 10.1 Å². The lowest BCUT2D eigenvalue weighted by Gasteiger charge is -2.14. The van der Waals surface area contributed by atoms with Crippen molar-refractivity contribution in [2.24, 2.45) is 0 Å². The molecule has 4 nitrogen and oxygen atoms in total. The summed E-state index contributed by atoms with van der Waals surface area (Å²) in [5, 5.41) is 2.20. The van der Waals surface area contributed by atoms with Crippen LogP contribution in [0.15, 0.2) is 47.6 Å². The Kier molecular flexibility index (Phi) is 6.18. The minimum absolute atomic E-state index is 0.0835. The maximum atomic E-state index is 12.5. The number of hydrogen-bond donors (Lipinski definition) is 1. The summed E-state index contributed by atoms with van der Waals surface area (Å²) in [7, 11) is 0. The fourth-order valence-corrected chi connectivity index (χ4v) is 2.46. The second-order valence-electron chi connectivity index (χ2n) is 4.57.